The molecule has 1 heterocycles. The molecule has 5 nitrogen and oxygen atoms in total. The first kappa shape index (κ1) is 11.3. The zero-order chi connectivity index (χ0) is 11.5. The van der Waals surface area contributed by atoms with Crippen molar-refractivity contribution in [3.05, 3.63) is 18.2 Å². The van der Waals surface area contributed by atoms with E-state index in [0.717, 1.165) is 16.7 Å². The number of carbonyl (C=O) groups is 1. The molecule has 0 aliphatic carbocycles. The maximum atomic E-state index is 11.7. The maximum absolute atomic E-state index is 11.7. The topological polar surface area (TPSA) is 66.9 Å². The second-order valence-electron chi connectivity index (χ2n) is 3.44. The van der Waals surface area contributed by atoms with Gasteiger partial charge in [0.05, 0.1) is 0 Å². The molecule has 0 fully saturated rings. The van der Waals surface area contributed by atoms with E-state index in [1.165, 1.54) is 0 Å². The van der Waals surface area contributed by atoms with Gasteiger partial charge in [-0.25, -0.2) is 0 Å². The first-order chi connectivity index (χ1) is 7.72. The Bertz CT molecular complexity index is 510. The number of nitrogens with zero attached hydrogens (tertiary/aromatic N) is 2. The van der Waals surface area contributed by atoms with Gasteiger partial charge in [0.25, 0.3) is 0 Å². The summed E-state index contributed by atoms with van der Waals surface area (Å²) in [4.78, 5) is 11.7. The van der Waals surface area contributed by atoms with Gasteiger partial charge in [-0.3, -0.25) is 0 Å². The van der Waals surface area contributed by atoms with E-state index in [2.05, 4.69) is 18.6 Å². The summed E-state index contributed by atoms with van der Waals surface area (Å²) < 4.78 is 8.56. The number of fused-ring (bicyclic) bond motifs is 1. The van der Waals surface area contributed by atoms with Crippen LogP contribution in [0.15, 0.2) is 18.2 Å². The van der Waals surface area contributed by atoms with E-state index in [1.54, 1.807) is 7.05 Å². The van der Waals surface area contributed by atoms with Gasteiger partial charge in [-0.2, -0.15) is 0 Å². The van der Waals surface area contributed by atoms with Gasteiger partial charge in [-0.1, -0.05) is 0 Å². The summed E-state index contributed by atoms with van der Waals surface area (Å²) in [5, 5.41) is 5.74. The fourth-order valence-corrected chi connectivity index (χ4v) is 2.43. The van der Waals surface area contributed by atoms with Crippen molar-refractivity contribution in [3.8, 4) is 0 Å². The van der Waals surface area contributed by atoms with Crippen LogP contribution in [0, 0.1) is 0 Å². The van der Waals surface area contributed by atoms with Crippen LogP contribution in [0.4, 0.5) is 5.69 Å². The van der Waals surface area contributed by atoms with Gasteiger partial charge >= 0.3 is 99.2 Å². The molecule has 0 spiro atoms. The Balaban J connectivity index is 2.27. The zero-order valence-corrected chi connectivity index (χ0v) is 10.7. The number of rotatable bonds is 3. The number of aromatic nitrogens is 2. The second kappa shape index (κ2) is 4.74. The Kier molecular flexibility index (Phi) is 3.33. The quantitative estimate of drug-likeness (QED) is 0.792. The number of amides is 1. The first-order valence-corrected chi connectivity index (χ1v) is 6.45. The van der Waals surface area contributed by atoms with E-state index in [0.29, 0.717) is 0 Å². The molecule has 1 atom stereocenters. The number of carbonyl (C=O) groups excluding carboxylic acids is 1. The van der Waals surface area contributed by atoms with Gasteiger partial charge in [0, 0.05) is 0 Å². The monoisotopic (exact) mass is 284 g/mol. The first-order valence-electron chi connectivity index (χ1n) is 4.92. The van der Waals surface area contributed by atoms with Crippen LogP contribution in [-0.2, 0) is 4.79 Å². The zero-order valence-electron chi connectivity index (χ0n) is 9.02. The second-order valence-corrected chi connectivity index (χ2v) is 4.55. The summed E-state index contributed by atoms with van der Waals surface area (Å²) in [5.74, 6) is -0.0644. The van der Waals surface area contributed by atoms with Crippen molar-refractivity contribution in [1.29, 1.82) is 0 Å². The van der Waals surface area contributed by atoms with Gasteiger partial charge in [-0.05, 0) is 0 Å². The predicted octanol–water partition coefficient (Wildman–Crippen LogP) is 0.233. The molecule has 6 heteroatoms. The van der Waals surface area contributed by atoms with Gasteiger partial charge in [0.15, 0.2) is 0 Å². The molecule has 2 aromatic rings. The van der Waals surface area contributed by atoms with E-state index in [-0.39, 0.29) is 26.9 Å². The minimum absolute atomic E-state index is 0.0644. The van der Waals surface area contributed by atoms with Crippen LogP contribution >= 0.6 is 0 Å². The number of anilines is 1. The molecule has 16 heavy (non-hydrogen) atoms. The van der Waals surface area contributed by atoms with Crippen molar-refractivity contribution in [2.75, 3.05) is 12.4 Å². The number of benzene rings is 1. The van der Waals surface area contributed by atoms with Crippen LogP contribution < -0.4 is 10.6 Å². The predicted molar refractivity (Wildman–Crippen MR) is 63.6 cm³/mol. The average molecular weight is 283 g/mol. The van der Waals surface area contributed by atoms with E-state index in [9.17, 15) is 4.79 Å². The molecule has 2 rings (SSSR count). The number of nitrogens with one attached hydrogen (secondary N) is 2. The summed E-state index contributed by atoms with van der Waals surface area (Å²) in [6.07, 6.45) is 0. The summed E-state index contributed by atoms with van der Waals surface area (Å²) >= 11 is -0.0716. The SMILES string of the molecule is CNC(C)C(=O)Nc1cccc2n[se]nc12. The molecular formula is C10H12N4OSe. The van der Waals surface area contributed by atoms with Gasteiger partial charge in [0.1, 0.15) is 0 Å². The van der Waals surface area contributed by atoms with E-state index in [1.807, 2.05) is 25.1 Å². The molecule has 0 bridgehead atoms. The third-order valence-corrected chi connectivity index (χ3v) is 3.51. The molecule has 1 amide bonds. The van der Waals surface area contributed by atoms with E-state index >= 15 is 0 Å². The van der Waals surface area contributed by atoms with Crippen molar-refractivity contribution in [1.82, 2.24) is 13.3 Å². The Hall–Kier alpha value is -1.23. The van der Waals surface area contributed by atoms with Crippen LogP contribution in [0.2, 0.25) is 0 Å². The Morgan fingerprint density at radius 3 is 3.00 bits per heavy atom. The normalized spacial score (nSPS) is 12.6. The fraction of sp³-hybridized carbons (Fsp3) is 0.300. The van der Waals surface area contributed by atoms with Gasteiger partial charge < -0.3 is 0 Å². The van der Waals surface area contributed by atoms with Crippen molar-refractivity contribution < 1.29 is 4.79 Å². The number of hydrogen-bond donors (Lipinski definition) is 2. The Morgan fingerprint density at radius 2 is 2.25 bits per heavy atom. The average Bonchev–Trinajstić information content (AvgIpc) is 2.77. The van der Waals surface area contributed by atoms with Crippen molar-refractivity contribution >= 4 is 37.6 Å². The molecule has 0 aliphatic rings. The Morgan fingerprint density at radius 1 is 1.44 bits per heavy atom. The van der Waals surface area contributed by atoms with Crippen LogP contribution in [0.5, 0.6) is 0 Å². The number of likely N-dealkylation sites (N-methyl/N-ethyl adjacent to an activating group) is 1. The standard InChI is InChI=1S/C10H12N4OSe/c1-6(11-2)10(15)12-7-4-3-5-8-9(7)14-16-13-8/h3-6,11H,1-2H3,(H,12,15). The Labute approximate surface area is 99.5 Å². The summed E-state index contributed by atoms with van der Waals surface area (Å²) in [7, 11) is 1.75. The van der Waals surface area contributed by atoms with E-state index in [4.69, 9.17) is 0 Å². The molecule has 1 unspecified atom stereocenters. The molecule has 0 saturated carbocycles. The number of hydrogen-bond acceptors (Lipinski definition) is 4. The summed E-state index contributed by atoms with van der Waals surface area (Å²) in [5.41, 5.74) is 2.42. The molecule has 1 aromatic heterocycles. The molecule has 0 aliphatic heterocycles. The van der Waals surface area contributed by atoms with Crippen LogP contribution in [0.1, 0.15) is 6.92 Å². The van der Waals surface area contributed by atoms with Crippen molar-refractivity contribution in [2.24, 2.45) is 0 Å². The third kappa shape index (κ3) is 2.14. The molecular weight excluding hydrogens is 271 g/mol. The third-order valence-electron chi connectivity index (χ3n) is 2.37. The van der Waals surface area contributed by atoms with E-state index < -0.39 is 0 Å². The molecule has 2 N–H and O–H groups in total. The van der Waals surface area contributed by atoms with Gasteiger partial charge in [-0.15, -0.1) is 0 Å². The van der Waals surface area contributed by atoms with Crippen LogP contribution in [0.25, 0.3) is 11.0 Å². The van der Waals surface area contributed by atoms with Crippen LogP contribution in [-0.4, -0.2) is 41.9 Å². The summed E-state index contributed by atoms with van der Waals surface area (Å²) in [6, 6.07) is 5.41. The summed E-state index contributed by atoms with van der Waals surface area (Å²) in [6.45, 7) is 1.81. The molecule has 84 valence electrons. The minimum atomic E-state index is -0.222. The molecule has 0 saturated heterocycles. The molecule has 0 radical (unpaired) electrons. The van der Waals surface area contributed by atoms with Gasteiger partial charge in [0.2, 0.25) is 0 Å². The molecule has 1 aromatic carbocycles. The fourth-order valence-electron chi connectivity index (χ4n) is 1.28. The van der Waals surface area contributed by atoms with Crippen molar-refractivity contribution in [2.45, 2.75) is 13.0 Å². The van der Waals surface area contributed by atoms with Crippen molar-refractivity contribution in [3.63, 3.8) is 0 Å². The van der Waals surface area contributed by atoms with Crippen LogP contribution in [0.3, 0.4) is 0 Å².